The van der Waals surface area contributed by atoms with E-state index < -0.39 is 9.84 Å². The first-order valence-corrected chi connectivity index (χ1v) is 14.1. The number of hydrogen-bond acceptors (Lipinski definition) is 5. The number of hydrogen-bond donors (Lipinski definition) is 0. The van der Waals surface area contributed by atoms with Crippen molar-refractivity contribution in [1.29, 1.82) is 0 Å². The van der Waals surface area contributed by atoms with Gasteiger partial charge in [-0.05, 0) is 49.2 Å². The van der Waals surface area contributed by atoms with Crippen molar-refractivity contribution < 1.29 is 13.2 Å². The van der Waals surface area contributed by atoms with E-state index in [-0.39, 0.29) is 28.9 Å². The molecule has 0 bridgehead atoms. The molecule has 4 rings (SSSR count). The number of carbonyl (C=O) groups excluding carboxylic acids is 1. The van der Waals surface area contributed by atoms with Crippen LogP contribution in [0, 0.1) is 0 Å². The predicted octanol–water partition coefficient (Wildman–Crippen LogP) is 6.34. The standard InChI is InChI=1S/C23H21Cl3N2O3S2/c24-17-2-4-18(5-3-17)33(30,31)12-9-22(29)28-10-7-15(8-11-28)23-27-21(14-32-23)16-1-6-19(25)20(26)13-16/h1-6,13-15H,7-12H2. The number of aromatic nitrogens is 1. The second-order valence-electron chi connectivity index (χ2n) is 7.88. The summed E-state index contributed by atoms with van der Waals surface area (Å²) < 4.78 is 25.0. The summed E-state index contributed by atoms with van der Waals surface area (Å²) in [5.41, 5.74) is 1.78. The van der Waals surface area contributed by atoms with Crippen LogP contribution >= 0.6 is 46.1 Å². The molecule has 0 radical (unpaired) electrons. The Hall–Kier alpha value is -1.64. The van der Waals surface area contributed by atoms with Crippen molar-refractivity contribution in [1.82, 2.24) is 9.88 Å². The van der Waals surface area contributed by atoms with Crippen LogP contribution < -0.4 is 0 Å². The molecule has 0 spiro atoms. The van der Waals surface area contributed by atoms with Crippen LogP contribution in [0.2, 0.25) is 15.1 Å². The number of sulfone groups is 1. The summed E-state index contributed by atoms with van der Waals surface area (Å²) in [4.78, 5) is 19.3. The molecule has 0 aliphatic carbocycles. The molecule has 0 atom stereocenters. The van der Waals surface area contributed by atoms with Gasteiger partial charge in [0.25, 0.3) is 0 Å². The third-order valence-electron chi connectivity index (χ3n) is 5.69. The van der Waals surface area contributed by atoms with Crippen LogP contribution in [0.1, 0.15) is 30.2 Å². The fourth-order valence-corrected chi connectivity index (χ4v) is 6.43. The van der Waals surface area contributed by atoms with Crippen LogP contribution in [0.4, 0.5) is 0 Å². The van der Waals surface area contributed by atoms with Crippen LogP contribution in [-0.4, -0.2) is 43.1 Å². The lowest BCUT2D eigenvalue weighted by Crippen LogP contribution is -2.38. The quantitative estimate of drug-likeness (QED) is 0.364. The molecule has 1 amide bonds. The summed E-state index contributed by atoms with van der Waals surface area (Å²) in [6, 6.07) is 11.5. The minimum Gasteiger partial charge on any atom is -0.343 e. The first-order valence-electron chi connectivity index (χ1n) is 10.4. The van der Waals surface area contributed by atoms with Crippen LogP contribution in [0.5, 0.6) is 0 Å². The summed E-state index contributed by atoms with van der Waals surface area (Å²) in [6.45, 7) is 1.18. The molecule has 1 aliphatic rings. The second kappa shape index (κ2) is 10.3. The fraction of sp³-hybridized carbons (Fsp3) is 0.304. The van der Waals surface area contributed by atoms with Crippen LogP contribution in [0.15, 0.2) is 52.7 Å². The number of likely N-dealkylation sites (tertiary alicyclic amines) is 1. The molecule has 33 heavy (non-hydrogen) atoms. The summed E-state index contributed by atoms with van der Waals surface area (Å²) >= 11 is 19.5. The van der Waals surface area contributed by atoms with Crippen molar-refractivity contribution in [3.8, 4) is 11.3 Å². The highest BCUT2D eigenvalue weighted by Gasteiger charge is 2.27. The molecule has 0 saturated carbocycles. The number of nitrogens with zero attached hydrogens (tertiary/aromatic N) is 2. The summed E-state index contributed by atoms with van der Waals surface area (Å²) in [5.74, 6) is -0.0811. The number of benzene rings is 2. The zero-order valence-corrected chi connectivity index (χ0v) is 21.4. The molecule has 1 aliphatic heterocycles. The Morgan fingerprint density at radius 1 is 1.03 bits per heavy atom. The fourth-order valence-electron chi connectivity index (χ4n) is 3.78. The highest BCUT2D eigenvalue weighted by atomic mass is 35.5. The van der Waals surface area contributed by atoms with E-state index in [4.69, 9.17) is 39.8 Å². The van der Waals surface area contributed by atoms with Gasteiger partial charge >= 0.3 is 0 Å². The number of amides is 1. The van der Waals surface area contributed by atoms with Gasteiger partial charge in [-0.2, -0.15) is 0 Å². The SMILES string of the molecule is O=C(CCS(=O)(=O)c1ccc(Cl)cc1)N1CCC(c2nc(-c3ccc(Cl)c(Cl)c3)cs2)CC1. The van der Waals surface area contributed by atoms with E-state index in [9.17, 15) is 13.2 Å². The summed E-state index contributed by atoms with van der Waals surface area (Å²) in [7, 11) is -3.53. The van der Waals surface area contributed by atoms with E-state index in [1.54, 1.807) is 22.3 Å². The molecule has 2 aromatic carbocycles. The number of rotatable bonds is 6. The Bertz CT molecular complexity index is 1250. The zero-order valence-electron chi connectivity index (χ0n) is 17.5. The molecule has 3 aromatic rings. The lowest BCUT2D eigenvalue weighted by atomic mass is 9.97. The van der Waals surface area contributed by atoms with Gasteiger partial charge in [0.2, 0.25) is 5.91 Å². The average Bonchev–Trinajstić information content (AvgIpc) is 3.30. The van der Waals surface area contributed by atoms with E-state index >= 15 is 0 Å². The lowest BCUT2D eigenvalue weighted by Gasteiger charge is -2.31. The third-order valence-corrected chi connectivity index (χ3v) is 9.42. The molecule has 2 heterocycles. The Labute approximate surface area is 212 Å². The van der Waals surface area contributed by atoms with Crippen molar-refractivity contribution in [3.63, 3.8) is 0 Å². The van der Waals surface area contributed by atoms with Crippen molar-refractivity contribution in [2.24, 2.45) is 0 Å². The van der Waals surface area contributed by atoms with Crippen LogP contribution in [0.25, 0.3) is 11.3 Å². The molecular weight excluding hydrogens is 523 g/mol. The minimum absolute atomic E-state index is 0.0334. The van der Waals surface area contributed by atoms with Gasteiger partial charge in [-0.15, -0.1) is 11.3 Å². The maximum atomic E-state index is 12.6. The van der Waals surface area contributed by atoms with Gasteiger partial charge in [-0.1, -0.05) is 40.9 Å². The van der Waals surface area contributed by atoms with Gasteiger partial charge in [0.05, 0.1) is 31.4 Å². The predicted molar refractivity (Wildman–Crippen MR) is 134 cm³/mol. The lowest BCUT2D eigenvalue weighted by molar-refractivity contribution is -0.131. The molecule has 174 valence electrons. The van der Waals surface area contributed by atoms with Crippen molar-refractivity contribution >= 4 is 61.9 Å². The van der Waals surface area contributed by atoms with Crippen molar-refractivity contribution in [3.05, 3.63) is 67.9 Å². The normalized spacial score (nSPS) is 15.1. The monoisotopic (exact) mass is 542 g/mol. The largest absolute Gasteiger partial charge is 0.343 e. The van der Waals surface area contributed by atoms with E-state index in [1.165, 1.54) is 24.3 Å². The third kappa shape index (κ3) is 5.89. The van der Waals surface area contributed by atoms with Crippen molar-refractivity contribution in [2.45, 2.75) is 30.1 Å². The second-order valence-corrected chi connectivity index (χ2v) is 12.1. The van der Waals surface area contributed by atoms with Gasteiger partial charge in [0.1, 0.15) is 0 Å². The highest BCUT2D eigenvalue weighted by Crippen LogP contribution is 2.34. The molecule has 10 heteroatoms. The Morgan fingerprint density at radius 2 is 1.73 bits per heavy atom. The molecule has 1 aromatic heterocycles. The molecule has 0 unspecified atom stereocenters. The number of carbonyl (C=O) groups is 1. The minimum atomic E-state index is -3.53. The van der Waals surface area contributed by atoms with E-state index in [0.29, 0.717) is 28.2 Å². The highest BCUT2D eigenvalue weighted by molar-refractivity contribution is 7.91. The molecular formula is C23H21Cl3N2O3S2. The maximum Gasteiger partial charge on any atom is 0.223 e. The maximum absolute atomic E-state index is 12.6. The number of halogens is 3. The zero-order chi connectivity index (χ0) is 23.6. The van der Waals surface area contributed by atoms with Gasteiger partial charge in [-0.3, -0.25) is 4.79 Å². The van der Waals surface area contributed by atoms with E-state index in [2.05, 4.69) is 0 Å². The average molecular weight is 544 g/mol. The van der Waals surface area contributed by atoms with Crippen molar-refractivity contribution in [2.75, 3.05) is 18.8 Å². The van der Waals surface area contributed by atoms with Crippen LogP contribution in [0.3, 0.4) is 0 Å². The summed E-state index contributed by atoms with van der Waals surface area (Å²) in [6.07, 6.45) is 1.56. The Morgan fingerprint density at radius 3 is 2.39 bits per heavy atom. The molecule has 0 N–H and O–H groups in total. The first kappa shape index (κ1) is 24.5. The smallest absolute Gasteiger partial charge is 0.223 e. The molecule has 5 nitrogen and oxygen atoms in total. The Balaban J connectivity index is 1.31. The van der Waals surface area contributed by atoms with Gasteiger partial charge in [0, 0.05) is 41.4 Å². The van der Waals surface area contributed by atoms with Crippen LogP contribution in [-0.2, 0) is 14.6 Å². The summed E-state index contributed by atoms with van der Waals surface area (Å²) in [5, 5.41) is 4.52. The molecule has 1 saturated heterocycles. The molecule has 1 fully saturated rings. The van der Waals surface area contributed by atoms with E-state index in [1.807, 2.05) is 17.5 Å². The topological polar surface area (TPSA) is 67.3 Å². The van der Waals surface area contributed by atoms with Gasteiger partial charge in [-0.25, -0.2) is 13.4 Å². The first-order chi connectivity index (χ1) is 15.7. The van der Waals surface area contributed by atoms with Gasteiger partial charge in [0.15, 0.2) is 9.84 Å². The van der Waals surface area contributed by atoms with Gasteiger partial charge < -0.3 is 4.90 Å². The number of piperidine rings is 1. The number of thiazole rings is 1. The van der Waals surface area contributed by atoms with E-state index in [0.717, 1.165) is 29.1 Å². The Kier molecular flexibility index (Phi) is 7.66.